The van der Waals surface area contributed by atoms with Crippen LogP contribution < -0.4 is 11.1 Å². The maximum atomic E-state index is 10.5. The van der Waals surface area contributed by atoms with Crippen molar-refractivity contribution >= 4 is 11.7 Å². The summed E-state index contributed by atoms with van der Waals surface area (Å²) in [4.78, 5) is 20.9. The van der Waals surface area contributed by atoms with Crippen LogP contribution in [0.1, 0.15) is 6.92 Å². The van der Waals surface area contributed by atoms with E-state index in [2.05, 4.69) is 5.32 Å². The molecule has 0 radical (unpaired) electrons. The van der Waals surface area contributed by atoms with Crippen LogP contribution in [0.5, 0.6) is 0 Å². The van der Waals surface area contributed by atoms with E-state index in [1.165, 1.54) is 14.0 Å². The third-order valence-corrected chi connectivity index (χ3v) is 0.864. The Labute approximate surface area is 53.4 Å². The molecule has 0 aromatic heterocycles. The van der Waals surface area contributed by atoms with Gasteiger partial charge in [0.2, 0.25) is 5.78 Å². The predicted octanol–water partition coefficient (Wildman–Crippen LogP) is -1.35. The molecule has 9 heavy (non-hydrogen) atoms. The summed E-state index contributed by atoms with van der Waals surface area (Å²) >= 11 is 0. The van der Waals surface area contributed by atoms with Crippen LogP contribution in [0.15, 0.2) is 0 Å². The molecule has 0 aliphatic rings. The first-order chi connectivity index (χ1) is 4.09. The molecule has 52 valence electrons. The van der Waals surface area contributed by atoms with Gasteiger partial charge in [-0.3, -0.25) is 9.59 Å². The molecule has 1 atom stereocenters. The van der Waals surface area contributed by atoms with E-state index in [9.17, 15) is 9.59 Å². The topological polar surface area (TPSA) is 72.2 Å². The molecule has 4 heteroatoms. The number of nitrogens with two attached hydrogens (primary N) is 1. The fourth-order valence-corrected chi connectivity index (χ4v) is 0.330. The highest BCUT2D eigenvalue weighted by Crippen LogP contribution is 1.77. The first kappa shape index (κ1) is 8.10. The van der Waals surface area contributed by atoms with Crippen molar-refractivity contribution < 1.29 is 9.59 Å². The van der Waals surface area contributed by atoms with Crippen molar-refractivity contribution in [3.8, 4) is 0 Å². The van der Waals surface area contributed by atoms with E-state index in [0.29, 0.717) is 0 Å². The summed E-state index contributed by atoms with van der Waals surface area (Å²) in [7, 11) is 1.39. The SMILES string of the molecule is CNC(=O)C(=O)C(C)N. The van der Waals surface area contributed by atoms with Crippen LogP contribution >= 0.6 is 0 Å². The summed E-state index contributed by atoms with van der Waals surface area (Å²) in [6.07, 6.45) is 0. The summed E-state index contributed by atoms with van der Waals surface area (Å²) < 4.78 is 0. The number of nitrogens with one attached hydrogen (secondary N) is 1. The van der Waals surface area contributed by atoms with E-state index in [4.69, 9.17) is 5.73 Å². The number of carbonyl (C=O) groups is 2. The predicted molar refractivity (Wildman–Crippen MR) is 32.7 cm³/mol. The van der Waals surface area contributed by atoms with Crippen molar-refractivity contribution in [2.75, 3.05) is 7.05 Å². The molecule has 0 rings (SSSR count). The lowest BCUT2D eigenvalue weighted by atomic mass is 10.2. The van der Waals surface area contributed by atoms with Crippen LogP contribution in [0.25, 0.3) is 0 Å². The molecule has 0 saturated heterocycles. The third-order valence-electron chi connectivity index (χ3n) is 0.864. The van der Waals surface area contributed by atoms with E-state index < -0.39 is 17.7 Å². The van der Waals surface area contributed by atoms with Crippen molar-refractivity contribution in [2.45, 2.75) is 13.0 Å². The minimum Gasteiger partial charge on any atom is -0.353 e. The fourth-order valence-electron chi connectivity index (χ4n) is 0.330. The quantitative estimate of drug-likeness (QED) is 0.454. The van der Waals surface area contributed by atoms with Crippen molar-refractivity contribution in [2.24, 2.45) is 5.73 Å². The number of hydrogen-bond acceptors (Lipinski definition) is 3. The average molecular weight is 130 g/mol. The zero-order valence-electron chi connectivity index (χ0n) is 5.47. The minimum absolute atomic E-state index is 0.586. The second kappa shape index (κ2) is 3.19. The van der Waals surface area contributed by atoms with Crippen LogP contribution in [0.2, 0.25) is 0 Å². The second-order valence-corrected chi connectivity index (χ2v) is 1.73. The molecule has 0 aliphatic heterocycles. The molecule has 4 nitrogen and oxygen atoms in total. The van der Waals surface area contributed by atoms with Crippen LogP contribution in [0, 0.1) is 0 Å². The van der Waals surface area contributed by atoms with Gasteiger partial charge in [0, 0.05) is 7.05 Å². The van der Waals surface area contributed by atoms with E-state index in [1.54, 1.807) is 0 Å². The maximum Gasteiger partial charge on any atom is 0.288 e. The van der Waals surface area contributed by atoms with Crippen LogP contribution in [0.3, 0.4) is 0 Å². The molecule has 0 spiro atoms. The molecule has 0 bridgehead atoms. The number of carbonyl (C=O) groups excluding carboxylic acids is 2. The number of Topliss-reactive ketones (excluding diaryl/α,β-unsaturated/α-hetero) is 1. The summed E-state index contributed by atoms with van der Waals surface area (Å²) in [6, 6.07) is -0.704. The molecule has 0 aromatic carbocycles. The molecule has 0 aliphatic carbocycles. The highest BCUT2D eigenvalue weighted by atomic mass is 16.2. The van der Waals surface area contributed by atoms with Gasteiger partial charge in [0.15, 0.2) is 0 Å². The van der Waals surface area contributed by atoms with Gasteiger partial charge in [0.25, 0.3) is 5.91 Å². The standard InChI is InChI=1S/C5H10N2O2/c1-3(6)4(8)5(9)7-2/h3H,6H2,1-2H3,(H,7,9). The largest absolute Gasteiger partial charge is 0.353 e. The Balaban J connectivity index is 3.89. The van der Waals surface area contributed by atoms with Crippen LogP contribution in [-0.2, 0) is 9.59 Å². The summed E-state index contributed by atoms with van der Waals surface area (Å²) in [5, 5.41) is 2.18. The molecule has 0 fully saturated rings. The monoisotopic (exact) mass is 130 g/mol. The first-order valence-corrected chi connectivity index (χ1v) is 2.61. The van der Waals surface area contributed by atoms with Gasteiger partial charge in [-0.25, -0.2) is 0 Å². The number of rotatable bonds is 2. The van der Waals surface area contributed by atoms with E-state index in [-0.39, 0.29) is 0 Å². The zero-order chi connectivity index (χ0) is 7.44. The van der Waals surface area contributed by atoms with Gasteiger partial charge >= 0.3 is 0 Å². The Morgan fingerprint density at radius 2 is 2.00 bits per heavy atom. The Hall–Kier alpha value is -0.900. The first-order valence-electron chi connectivity index (χ1n) is 2.61. The smallest absolute Gasteiger partial charge is 0.288 e. The van der Waals surface area contributed by atoms with Gasteiger partial charge in [-0.1, -0.05) is 0 Å². The van der Waals surface area contributed by atoms with E-state index in [0.717, 1.165) is 0 Å². The average Bonchev–Trinajstić information content (AvgIpc) is 1.84. The third kappa shape index (κ3) is 2.23. The molecule has 0 heterocycles. The molecule has 0 aromatic rings. The Morgan fingerprint density at radius 3 is 2.11 bits per heavy atom. The van der Waals surface area contributed by atoms with Crippen LogP contribution in [-0.4, -0.2) is 24.8 Å². The normalized spacial score (nSPS) is 12.3. The number of likely N-dealkylation sites (N-methyl/N-ethyl adjacent to an activating group) is 1. The van der Waals surface area contributed by atoms with Crippen molar-refractivity contribution in [3.05, 3.63) is 0 Å². The lowest BCUT2D eigenvalue weighted by Gasteiger charge is -1.99. The van der Waals surface area contributed by atoms with Crippen molar-refractivity contribution in [1.29, 1.82) is 0 Å². The summed E-state index contributed by atoms with van der Waals surface area (Å²) in [5.41, 5.74) is 5.10. The molecular formula is C5H10N2O2. The minimum atomic E-state index is -0.704. The maximum absolute atomic E-state index is 10.5. The fraction of sp³-hybridized carbons (Fsp3) is 0.600. The van der Waals surface area contributed by atoms with Crippen molar-refractivity contribution in [1.82, 2.24) is 5.32 Å². The number of ketones is 1. The Bertz CT molecular complexity index is 131. The second-order valence-electron chi connectivity index (χ2n) is 1.73. The van der Waals surface area contributed by atoms with Crippen molar-refractivity contribution in [3.63, 3.8) is 0 Å². The van der Waals surface area contributed by atoms with Gasteiger partial charge in [0.05, 0.1) is 6.04 Å². The van der Waals surface area contributed by atoms with Gasteiger partial charge in [-0.15, -0.1) is 0 Å². The summed E-state index contributed by atoms with van der Waals surface area (Å²) in [5.74, 6) is -1.22. The number of amides is 1. The number of hydrogen-bond donors (Lipinski definition) is 2. The van der Waals surface area contributed by atoms with E-state index in [1.807, 2.05) is 0 Å². The molecule has 1 unspecified atom stereocenters. The van der Waals surface area contributed by atoms with Gasteiger partial charge in [-0.2, -0.15) is 0 Å². The lowest BCUT2D eigenvalue weighted by molar-refractivity contribution is -0.138. The van der Waals surface area contributed by atoms with Gasteiger partial charge in [0.1, 0.15) is 0 Å². The Kier molecular flexibility index (Phi) is 2.87. The molecule has 0 saturated carbocycles. The molecule has 1 amide bonds. The van der Waals surface area contributed by atoms with E-state index >= 15 is 0 Å². The molecule has 3 N–H and O–H groups in total. The lowest BCUT2D eigenvalue weighted by Crippen LogP contribution is -2.39. The summed E-state index contributed by atoms with van der Waals surface area (Å²) in [6.45, 7) is 1.47. The van der Waals surface area contributed by atoms with Gasteiger partial charge in [-0.05, 0) is 6.92 Å². The Morgan fingerprint density at radius 1 is 1.56 bits per heavy atom. The van der Waals surface area contributed by atoms with Crippen LogP contribution in [0.4, 0.5) is 0 Å². The van der Waals surface area contributed by atoms with Gasteiger partial charge < -0.3 is 11.1 Å². The highest BCUT2D eigenvalue weighted by molar-refractivity contribution is 6.37. The highest BCUT2D eigenvalue weighted by Gasteiger charge is 2.14. The zero-order valence-corrected chi connectivity index (χ0v) is 5.47. The molecular weight excluding hydrogens is 120 g/mol.